The van der Waals surface area contributed by atoms with E-state index in [4.69, 9.17) is 16.9 Å². The zero-order valence-corrected chi connectivity index (χ0v) is 14.9. The van der Waals surface area contributed by atoms with E-state index in [9.17, 15) is 9.90 Å². The molecule has 0 radical (unpaired) electrons. The highest BCUT2D eigenvalue weighted by Crippen LogP contribution is 2.33. The van der Waals surface area contributed by atoms with E-state index in [2.05, 4.69) is 10.3 Å². The second kappa shape index (κ2) is 8.64. The minimum atomic E-state index is -1.04. The molecular formula is C16H12ClN3O2S2. The summed E-state index contributed by atoms with van der Waals surface area (Å²) in [6, 6.07) is 12.0. The fraction of sp³-hybridized carbons (Fsp3) is 0.0625. The molecule has 2 aromatic rings. The zero-order chi connectivity index (χ0) is 17.5. The molecule has 0 fully saturated rings. The average molecular weight is 378 g/mol. The standard InChI is InChI=1S/C16H12ClN3O2S2/c1-23-16(19-9-18)20-11-4-7-14(13(8-11)15(21)22)24-12-5-2-10(17)3-6-12/h2-8H,1H3,(H,19,20)(H,21,22). The van der Waals surface area contributed by atoms with Crippen molar-refractivity contribution in [2.45, 2.75) is 9.79 Å². The maximum atomic E-state index is 11.5. The van der Waals surface area contributed by atoms with Gasteiger partial charge in [-0.2, -0.15) is 5.26 Å². The first-order chi connectivity index (χ1) is 11.5. The molecule has 122 valence electrons. The molecule has 2 rings (SSSR count). The van der Waals surface area contributed by atoms with Crippen LogP contribution in [-0.2, 0) is 0 Å². The second-order valence-electron chi connectivity index (χ2n) is 4.40. The van der Waals surface area contributed by atoms with E-state index < -0.39 is 5.97 Å². The number of nitriles is 1. The topological polar surface area (TPSA) is 85.5 Å². The summed E-state index contributed by atoms with van der Waals surface area (Å²) < 4.78 is 0. The van der Waals surface area contributed by atoms with Gasteiger partial charge in [-0.1, -0.05) is 35.1 Å². The van der Waals surface area contributed by atoms with Crippen molar-refractivity contribution in [3.8, 4) is 6.19 Å². The van der Waals surface area contributed by atoms with E-state index in [1.165, 1.54) is 29.6 Å². The third kappa shape index (κ3) is 4.93. The molecule has 0 aliphatic carbocycles. The van der Waals surface area contributed by atoms with Gasteiger partial charge in [0.15, 0.2) is 11.4 Å². The molecule has 0 heterocycles. The predicted molar refractivity (Wildman–Crippen MR) is 98.3 cm³/mol. The molecule has 0 bridgehead atoms. The van der Waals surface area contributed by atoms with Crippen molar-refractivity contribution in [2.24, 2.45) is 4.99 Å². The van der Waals surface area contributed by atoms with Crippen molar-refractivity contribution in [2.75, 3.05) is 6.26 Å². The molecule has 0 amide bonds. The van der Waals surface area contributed by atoms with Gasteiger partial charge in [0.2, 0.25) is 0 Å². The van der Waals surface area contributed by atoms with Crippen molar-refractivity contribution in [1.29, 1.82) is 5.26 Å². The number of aromatic carboxylic acids is 1. The summed E-state index contributed by atoms with van der Waals surface area (Å²) in [5.41, 5.74) is 0.605. The van der Waals surface area contributed by atoms with Crippen LogP contribution in [0.2, 0.25) is 5.02 Å². The van der Waals surface area contributed by atoms with E-state index in [1.54, 1.807) is 36.7 Å². The molecule has 24 heavy (non-hydrogen) atoms. The van der Waals surface area contributed by atoms with Crippen LogP contribution in [0, 0.1) is 11.5 Å². The van der Waals surface area contributed by atoms with Gasteiger partial charge in [0.25, 0.3) is 0 Å². The molecule has 0 spiro atoms. The predicted octanol–water partition coefficient (Wildman–Crippen LogP) is 4.61. The van der Waals surface area contributed by atoms with E-state index in [0.29, 0.717) is 20.8 Å². The van der Waals surface area contributed by atoms with Crippen molar-refractivity contribution in [3.63, 3.8) is 0 Å². The van der Waals surface area contributed by atoms with Gasteiger partial charge in [0, 0.05) is 14.8 Å². The monoisotopic (exact) mass is 377 g/mol. The number of carbonyl (C=O) groups is 1. The first-order valence-corrected chi connectivity index (χ1v) is 9.04. The number of nitrogens with one attached hydrogen (secondary N) is 1. The third-order valence-corrected chi connectivity index (χ3v) is 4.74. The summed E-state index contributed by atoms with van der Waals surface area (Å²) in [6.45, 7) is 0. The fourth-order valence-corrected chi connectivity index (χ4v) is 3.15. The highest BCUT2D eigenvalue weighted by atomic mass is 35.5. The first-order valence-electron chi connectivity index (χ1n) is 6.62. The maximum absolute atomic E-state index is 11.5. The Kier molecular flexibility index (Phi) is 6.55. The summed E-state index contributed by atoms with van der Waals surface area (Å²) >= 11 is 8.45. The Morgan fingerprint density at radius 1 is 1.29 bits per heavy atom. The van der Waals surface area contributed by atoms with E-state index >= 15 is 0 Å². The lowest BCUT2D eigenvalue weighted by Gasteiger charge is -2.08. The molecule has 0 saturated carbocycles. The van der Waals surface area contributed by atoms with Gasteiger partial charge in [-0.25, -0.2) is 9.79 Å². The summed E-state index contributed by atoms with van der Waals surface area (Å²) in [7, 11) is 0. The summed E-state index contributed by atoms with van der Waals surface area (Å²) in [6.07, 6.45) is 3.56. The number of carboxylic acids is 1. The maximum Gasteiger partial charge on any atom is 0.336 e. The Labute approximate surface area is 152 Å². The second-order valence-corrected chi connectivity index (χ2v) is 6.75. The van der Waals surface area contributed by atoms with E-state index in [0.717, 1.165) is 4.90 Å². The van der Waals surface area contributed by atoms with Gasteiger partial charge in [0.05, 0.1) is 11.3 Å². The molecule has 0 atom stereocenters. The largest absolute Gasteiger partial charge is 0.478 e. The number of rotatable bonds is 4. The van der Waals surface area contributed by atoms with Crippen LogP contribution in [0.4, 0.5) is 5.69 Å². The molecule has 0 aromatic heterocycles. The number of amidine groups is 1. The molecule has 0 saturated heterocycles. The van der Waals surface area contributed by atoms with Crippen molar-refractivity contribution < 1.29 is 9.90 Å². The van der Waals surface area contributed by atoms with Crippen LogP contribution in [0.3, 0.4) is 0 Å². The Morgan fingerprint density at radius 3 is 2.58 bits per heavy atom. The first kappa shape index (κ1) is 18.2. The van der Waals surface area contributed by atoms with Crippen LogP contribution in [-0.4, -0.2) is 22.5 Å². The minimum Gasteiger partial charge on any atom is -0.478 e. The van der Waals surface area contributed by atoms with Gasteiger partial charge in [-0.15, -0.1) is 0 Å². The SMILES string of the molecule is CSC(=Nc1ccc(Sc2ccc(Cl)cc2)c(C(=O)O)c1)NC#N. The van der Waals surface area contributed by atoms with Crippen LogP contribution in [0.25, 0.3) is 0 Å². The summed E-state index contributed by atoms with van der Waals surface area (Å²) in [5, 5.41) is 21.6. The Balaban J connectivity index is 2.35. The average Bonchev–Trinajstić information content (AvgIpc) is 2.57. The highest BCUT2D eigenvalue weighted by Gasteiger charge is 2.13. The Bertz CT molecular complexity index is 817. The minimum absolute atomic E-state index is 0.147. The van der Waals surface area contributed by atoms with Crippen LogP contribution < -0.4 is 5.32 Å². The quantitative estimate of drug-likeness (QED) is 0.350. The molecule has 0 unspecified atom stereocenters. The lowest BCUT2D eigenvalue weighted by atomic mass is 10.2. The third-order valence-electron chi connectivity index (χ3n) is 2.82. The van der Waals surface area contributed by atoms with Gasteiger partial charge < -0.3 is 5.11 Å². The molecule has 5 nitrogen and oxygen atoms in total. The normalized spacial score (nSPS) is 11.0. The molecule has 2 aromatic carbocycles. The van der Waals surface area contributed by atoms with Crippen molar-refractivity contribution in [1.82, 2.24) is 5.32 Å². The number of thioether (sulfide) groups is 1. The molecule has 0 aliphatic rings. The number of hydrogen-bond acceptors (Lipinski definition) is 5. The van der Waals surface area contributed by atoms with E-state index in [-0.39, 0.29) is 5.56 Å². The lowest BCUT2D eigenvalue weighted by Crippen LogP contribution is -2.12. The fourth-order valence-electron chi connectivity index (χ4n) is 1.76. The van der Waals surface area contributed by atoms with Gasteiger partial charge in [-0.05, 0) is 48.7 Å². The molecular weight excluding hydrogens is 366 g/mol. The van der Waals surface area contributed by atoms with Crippen molar-refractivity contribution in [3.05, 3.63) is 53.1 Å². The van der Waals surface area contributed by atoms with Crippen LogP contribution in [0.15, 0.2) is 57.2 Å². The van der Waals surface area contributed by atoms with Crippen molar-refractivity contribution >= 4 is 51.9 Å². The van der Waals surface area contributed by atoms with Crippen LogP contribution in [0.5, 0.6) is 0 Å². The van der Waals surface area contributed by atoms with Crippen LogP contribution in [0.1, 0.15) is 10.4 Å². The smallest absolute Gasteiger partial charge is 0.336 e. The Hall–Kier alpha value is -2.14. The highest BCUT2D eigenvalue weighted by molar-refractivity contribution is 8.13. The van der Waals surface area contributed by atoms with Gasteiger partial charge in [-0.3, -0.25) is 5.32 Å². The van der Waals surface area contributed by atoms with E-state index in [1.807, 2.05) is 12.1 Å². The lowest BCUT2D eigenvalue weighted by molar-refractivity contribution is 0.0693. The number of halogens is 1. The number of benzene rings is 2. The zero-order valence-electron chi connectivity index (χ0n) is 12.5. The molecule has 8 heteroatoms. The van der Waals surface area contributed by atoms with Crippen LogP contribution >= 0.6 is 35.1 Å². The number of nitrogens with zero attached hydrogens (tertiary/aromatic N) is 2. The van der Waals surface area contributed by atoms with Gasteiger partial charge >= 0.3 is 5.97 Å². The van der Waals surface area contributed by atoms with Gasteiger partial charge in [0.1, 0.15) is 0 Å². The number of hydrogen-bond donors (Lipinski definition) is 2. The summed E-state index contributed by atoms with van der Waals surface area (Å²) in [5.74, 6) is -1.04. The molecule has 0 aliphatic heterocycles. The summed E-state index contributed by atoms with van der Waals surface area (Å²) in [4.78, 5) is 17.3. The number of aliphatic imine (C=N–C) groups is 1. The number of carboxylic acid groups (broad SMARTS) is 1. The molecule has 2 N–H and O–H groups in total. The Morgan fingerprint density at radius 2 is 2.00 bits per heavy atom.